The van der Waals surface area contributed by atoms with E-state index in [0.717, 1.165) is 31.5 Å². The molecule has 3 rings (SSSR count). The molecule has 0 spiro atoms. The molecule has 26 heavy (non-hydrogen) atoms. The zero-order chi connectivity index (χ0) is 18.5. The van der Waals surface area contributed by atoms with E-state index in [1.54, 1.807) is 18.3 Å². The maximum absolute atomic E-state index is 12.3. The van der Waals surface area contributed by atoms with Crippen molar-refractivity contribution in [1.29, 1.82) is 0 Å². The van der Waals surface area contributed by atoms with Crippen molar-refractivity contribution in [3.8, 4) is 0 Å². The number of rotatable bonds is 5. The molecule has 6 nitrogen and oxygen atoms in total. The average Bonchev–Trinajstić information content (AvgIpc) is 3.16. The normalized spacial score (nSPS) is 14.0. The van der Waals surface area contributed by atoms with Gasteiger partial charge in [-0.25, -0.2) is 4.98 Å². The number of nitrogens with zero attached hydrogens (tertiary/aromatic N) is 4. The van der Waals surface area contributed by atoms with E-state index in [1.165, 1.54) is 6.08 Å². The molecule has 0 bridgehead atoms. The number of benzene rings is 1. The van der Waals surface area contributed by atoms with Crippen molar-refractivity contribution >= 4 is 41.0 Å². The number of hydrogen-bond acceptors (Lipinski definition) is 5. The summed E-state index contributed by atoms with van der Waals surface area (Å²) in [7, 11) is 3.79. The number of nitrogens with one attached hydrogen (secondary N) is 1. The van der Waals surface area contributed by atoms with E-state index in [9.17, 15) is 4.79 Å². The highest BCUT2D eigenvalue weighted by Gasteiger charge is 2.18. The van der Waals surface area contributed by atoms with Crippen molar-refractivity contribution in [1.82, 2.24) is 9.97 Å². The van der Waals surface area contributed by atoms with Gasteiger partial charge in [-0.05, 0) is 30.5 Å². The van der Waals surface area contributed by atoms with Gasteiger partial charge in [-0.15, -0.1) is 0 Å². The van der Waals surface area contributed by atoms with Crippen LogP contribution in [0.4, 0.5) is 17.5 Å². The maximum Gasteiger partial charge on any atom is 0.248 e. The van der Waals surface area contributed by atoms with E-state index in [0.29, 0.717) is 22.5 Å². The first-order valence-corrected chi connectivity index (χ1v) is 8.95. The van der Waals surface area contributed by atoms with Gasteiger partial charge in [0.15, 0.2) is 5.82 Å². The molecule has 0 aliphatic carbocycles. The Hall–Kier alpha value is -2.60. The molecule has 0 unspecified atom stereocenters. The summed E-state index contributed by atoms with van der Waals surface area (Å²) in [6.07, 6.45) is 7.12. The fourth-order valence-electron chi connectivity index (χ4n) is 2.81. The summed E-state index contributed by atoms with van der Waals surface area (Å²) < 4.78 is 0. The van der Waals surface area contributed by atoms with E-state index in [4.69, 9.17) is 11.6 Å². The zero-order valence-corrected chi connectivity index (χ0v) is 15.7. The highest BCUT2D eigenvalue weighted by atomic mass is 35.5. The quantitative estimate of drug-likeness (QED) is 0.816. The lowest BCUT2D eigenvalue weighted by molar-refractivity contribution is -0.111. The second kappa shape index (κ2) is 8.19. The fraction of sp³-hybridized carbons (Fsp3) is 0.316. The Morgan fingerprint density at radius 2 is 2.00 bits per heavy atom. The summed E-state index contributed by atoms with van der Waals surface area (Å²) in [6, 6.07) is 7.36. The Balaban J connectivity index is 1.75. The number of amides is 1. The minimum Gasteiger partial charge on any atom is -0.361 e. The molecule has 0 atom stereocenters. The van der Waals surface area contributed by atoms with Crippen LogP contribution in [0.1, 0.15) is 18.4 Å². The monoisotopic (exact) mass is 371 g/mol. The van der Waals surface area contributed by atoms with Crippen molar-refractivity contribution in [3.63, 3.8) is 0 Å². The van der Waals surface area contributed by atoms with E-state index >= 15 is 0 Å². The molecule has 0 radical (unpaired) electrons. The summed E-state index contributed by atoms with van der Waals surface area (Å²) in [5, 5.41) is 3.45. The van der Waals surface area contributed by atoms with Gasteiger partial charge in [0.2, 0.25) is 11.9 Å². The molecule has 0 saturated carbocycles. The molecule has 7 heteroatoms. The molecule has 1 amide bonds. The molecule has 1 aliphatic rings. The second-order valence-electron chi connectivity index (χ2n) is 6.34. The van der Waals surface area contributed by atoms with Gasteiger partial charge in [-0.3, -0.25) is 4.79 Å². The van der Waals surface area contributed by atoms with Crippen LogP contribution in [0, 0.1) is 0 Å². The topological polar surface area (TPSA) is 61.4 Å². The lowest BCUT2D eigenvalue weighted by atomic mass is 10.2. The van der Waals surface area contributed by atoms with Gasteiger partial charge in [-0.1, -0.05) is 29.8 Å². The predicted octanol–water partition coefficient (Wildman–Crippen LogP) is 3.45. The number of hydrogen-bond donors (Lipinski definition) is 1. The number of anilines is 3. The van der Waals surface area contributed by atoms with E-state index in [1.807, 2.05) is 37.2 Å². The van der Waals surface area contributed by atoms with E-state index < -0.39 is 0 Å². The number of halogens is 1. The second-order valence-corrected chi connectivity index (χ2v) is 6.75. The predicted molar refractivity (Wildman–Crippen MR) is 107 cm³/mol. The third-order valence-electron chi connectivity index (χ3n) is 4.15. The highest BCUT2D eigenvalue weighted by Crippen LogP contribution is 2.25. The van der Waals surface area contributed by atoms with Gasteiger partial charge in [0.05, 0.1) is 6.20 Å². The smallest absolute Gasteiger partial charge is 0.248 e. The SMILES string of the molecule is CN(C)c1nc(N2CCCC2)ncc1NC(=O)/C=C/c1ccccc1Cl. The van der Waals surface area contributed by atoms with Crippen LogP contribution in [-0.2, 0) is 4.79 Å². The minimum absolute atomic E-state index is 0.259. The summed E-state index contributed by atoms with van der Waals surface area (Å²) >= 11 is 6.10. The van der Waals surface area contributed by atoms with Crippen molar-refractivity contribution in [3.05, 3.63) is 47.1 Å². The van der Waals surface area contributed by atoms with Crippen LogP contribution in [0.3, 0.4) is 0 Å². The number of carbonyl (C=O) groups excluding carboxylic acids is 1. The Bertz CT molecular complexity index is 815. The van der Waals surface area contributed by atoms with Gasteiger partial charge in [0.25, 0.3) is 0 Å². The summed E-state index contributed by atoms with van der Waals surface area (Å²) in [4.78, 5) is 25.4. The first kappa shape index (κ1) is 18.2. The van der Waals surface area contributed by atoms with Crippen LogP contribution in [0.25, 0.3) is 6.08 Å². The fourth-order valence-corrected chi connectivity index (χ4v) is 3.01. The minimum atomic E-state index is -0.259. The van der Waals surface area contributed by atoms with Gasteiger partial charge < -0.3 is 15.1 Å². The number of carbonyl (C=O) groups is 1. The molecule has 1 fully saturated rings. The standard InChI is InChI=1S/C19H22ClN5O/c1-24(2)18-16(13-21-19(23-18)25-11-5-6-12-25)22-17(26)10-9-14-7-3-4-8-15(14)20/h3-4,7-10,13H,5-6,11-12H2,1-2H3,(H,22,26)/b10-9+. The Kier molecular flexibility index (Phi) is 5.73. The van der Waals surface area contributed by atoms with Gasteiger partial charge in [-0.2, -0.15) is 4.98 Å². The molecular formula is C19H22ClN5O. The van der Waals surface area contributed by atoms with Crippen molar-refractivity contribution in [2.24, 2.45) is 0 Å². The Morgan fingerprint density at radius 1 is 1.27 bits per heavy atom. The van der Waals surface area contributed by atoms with E-state index in [2.05, 4.69) is 20.2 Å². The molecule has 2 aromatic rings. The first-order valence-electron chi connectivity index (χ1n) is 8.57. The number of aromatic nitrogens is 2. The third-order valence-corrected chi connectivity index (χ3v) is 4.49. The summed E-state index contributed by atoms with van der Waals surface area (Å²) in [5.41, 5.74) is 1.37. The Morgan fingerprint density at radius 3 is 2.69 bits per heavy atom. The van der Waals surface area contributed by atoms with Crippen LogP contribution < -0.4 is 15.1 Å². The van der Waals surface area contributed by atoms with Crippen LogP contribution >= 0.6 is 11.6 Å². The molecule has 1 aromatic carbocycles. The zero-order valence-electron chi connectivity index (χ0n) is 14.9. The van der Waals surface area contributed by atoms with E-state index in [-0.39, 0.29) is 5.91 Å². The molecular weight excluding hydrogens is 350 g/mol. The Labute approximate surface area is 158 Å². The summed E-state index contributed by atoms with van der Waals surface area (Å²) in [6.45, 7) is 1.94. The molecule has 1 saturated heterocycles. The lowest BCUT2D eigenvalue weighted by Gasteiger charge is -2.20. The average molecular weight is 372 g/mol. The lowest BCUT2D eigenvalue weighted by Crippen LogP contribution is -2.23. The van der Waals surface area contributed by atoms with Crippen LogP contribution in [0.5, 0.6) is 0 Å². The van der Waals surface area contributed by atoms with Gasteiger partial charge in [0, 0.05) is 38.3 Å². The first-order chi connectivity index (χ1) is 12.5. The largest absolute Gasteiger partial charge is 0.361 e. The third kappa shape index (κ3) is 4.32. The van der Waals surface area contributed by atoms with Gasteiger partial charge >= 0.3 is 0 Å². The van der Waals surface area contributed by atoms with Crippen molar-refractivity contribution in [2.45, 2.75) is 12.8 Å². The highest BCUT2D eigenvalue weighted by molar-refractivity contribution is 6.32. The molecule has 1 aromatic heterocycles. The summed E-state index contributed by atoms with van der Waals surface area (Å²) in [5.74, 6) is 1.13. The molecule has 1 N–H and O–H groups in total. The molecule has 136 valence electrons. The molecule has 2 heterocycles. The van der Waals surface area contributed by atoms with Crippen LogP contribution in [0.2, 0.25) is 5.02 Å². The van der Waals surface area contributed by atoms with Crippen molar-refractivity contribution < 1.29 is 4.79 Å². The van der Waals surface area contributed by atoms with Gasteiger partial charge in [0.1, 0.15) is 5.69 Å². The van der Waals surface area contributed by atoms with Crippen molar-refractivity contribution in [2.75, 3.05) is 42.3 Å². The maximum atomic E-state index is 12.3. The van der Waals surface area contributed by atoms with Crippen LogP contribution in [0.15, 0.2) is 36.5 Å². The molecule has 1 aliphatic heterocycles. The van der Waals surface area contributed by atoms with Crippen LogP contribution in [-0.4, -0.2) is 43.1 Å².